The Hall–Kier alpha value is -2.37. The van der Waals surface area contributed by atoms with Gasteiger partial charge in [-0.1, -0.05) is 6.07 Å². The van der Waals surface area contributed by atoms with Gasteiger partial charge in [0.2, 0.25) is 0 Å². The van der Waals surface area contributed by atoms with Crippen molar-refractivity contribution in [3.8, 4) is 5.75 Å². The highest BCUT2D eigenvalue weighted by Crippen LogP contribution is 2.30. The van der Waals surface area contributed by atoms with Gasteiger partial charge in [-0.3, -0.25) is 0 Å². The molecule has 3 N–H and O–H groups in total. The van der Waals surface area contributed by atoms with Gasteiger partial charge in [-0.15, -0.1) is 0 Å². The van der Waals surface area contributed by atoms with Gasteiger partial charge in [0.25, 0.3) is 0 Å². The lowest BCUT2D eigenvalue weighted by Crippen LogP contribution is -2.10. The maximum absolute atomic E-state index is 12.5. The number of nitrogens with one attached hydrogen (secondary N) is 2. The molecule has 3 nitrogen and oxygen atoms in total. The first-order valence-corrected chi connectivity index (χ1v) is 5.43. The molecule has 6 heteroatoms. The fourth-order valence-electron chi connectivity index (χ4n) is 1.46. The zero-order valence-electron chi connectivity index (χ0n) is 9.70. The van der Waals surface area contributed by atoms with E-state index in [2.05, 4.69) is 10.9 Å². The quantitative estimate of drug-likeness (QED) is 0.585. The topological polar surface area (TPSA) is 44.3 Å². The van der Waals surface area contributed by atoms with Crippen molar-refractivity contribution in [2.24, 2.45) is 0 Å². The predicted molar refractivity (Wildman–Crippen MR) is 66.8 cm³/mol. The zero-order valence-corrected chi connectivity index (χ0v) is 9.70. The fraction of sp³-hybridized carbons (Fsp3) is 0.0769. The number of hydrogen-bond acceptors (Lipinski definition) is 3. The van der Waals surface area contributed by atoms with Crippen LogP contribution < -0.4 is 10.9 Å². The molecule has 0 fully saturated rings. The third-order valence-electron chi connectivity index (χ3n) is 2.41. The number of alkyl halides is 3. The van der Waals surface area contributed by atoms with Gasteiger partial charge in [0.05, 0.1) is 16.9 Å². The molecule has 19 heavy (non-hydrogen) atoms. The third kappa shape index (κ3) is 3.54. The standard InChI is InChI=1S/C13H11F3N2O/c14-13(15,16)9-2-1-3-11(8-9)18-17-10-4-6-12(19)7-5-10/h1-8,17-19H. The van der Waals surface area contributed by atoms with Crippen LogP contribution in [0.1, 0.15) is 5.56 Å². The molecular weight excluding hydrogens is 257 g/mol. The van der Waals surface area contributed by atoms with Gasteiger partial charge in [0.1, 0.15) is 5.75 Å². The SMILES string of the molecule is Oc1ccc(NNc2cccc(C(F)(F)F)c2)cc1. The lowest BCUT2D eigenvalue weighted by molar-refractivity contribution is -0.137. The van der Waals surface area contributed by atoms with Crippen LogP contribution in [0.3, 0.4) is 0 Å². The van der Waals surface area contributed by atoms with Crippen molar-refractivity contribution >= 4 is 11.4 Å². The second kappa shape index (κ2) is 5.09. The van der Waals surface area contributed by atoms with Crippen LogP contribution >= 0.6 is 0 Å². The van der Waals surface area contributed by atoms with E-state index in [0.717, 1.165) is 12.1 Å². The van der Waals surface area contributed by atoms with E-state index in [1.807, 2.05) is 0 Å². The van der Waals surface area contributed by atoms with Crippen LogP contribution in [-0.2, 0) is 6.18 Å². The molecule has 0 aliphatic heterocycles. The molecule has 0 aliphatic rings. The maximum Gasteiger partial charge on any atom is 0.416 e. The van der Waals surface area contributed by atoms with E-state index in [-0.39, 0.29) is 5.75 Å². The summed E-state index contributed by atoms with van der Waals surface area (Å²) in [6.07, 6.45) is -4.36. The minimum absolute atomic E-state index is 0.115. The minimum Gasteiger partial charge on any atom is -0.508 e. The van der Waals surface area contributed by atoms with Crippen molar-refractivity contribution in [1.29, 1.82) is 0 Å². The molecule has 100 valence electrons. The average molecular weight is 268 g/mol. The zero-order chi connectivity index (χ0) is 13.9. The molecule has 0 unspecified atom stereocenters. The number of halogens is 3. The highest BCUT2D eigenvalue weighted by molar-refractivity contribution is 5.54. The summed E-state index contributed by atoms with van der Waals surface area (Å²) in [6, 6.07) is 11.0. The van der Waals surface area contributed by atoms with Crippen molar-refractivity contribution in [3.63, 3.8) is 0 Å². The van der Waals surface area contributed by atoms with Gasteiger partial charge in [0, 0.05) is 0 Å². The summed E-state index contributed by atoms with van der Waals surface area (Å²) >= 11 is 0. The van der Waals surface area contributed by atoms with E-state index in [0.29, 0.717) is 11.4 Å². The first kappa shape index (κ1) is 13.1. The van der Waals surface area contributed by atoms with Crippen LogP contribution in [-0.4, -0.2) is 5.11 Å². The molecule has 0 heterocycles. The van der Waals surface area contributed by atoms with Gasteiger partial charge >= 0.3 is 6.18 Å². The van der Waals surface area contributed by atoms with Crippen molar-refractivity contribution in [1.82, 2.24) is 0 Å². The van der Waals surface area contributed by atoms with E-state index in [1.54, 1.807) is 12.1 Å². The van der Waals surface area contributed by atoms with Crippen LogP contribution in [0, 0.1) is 0 Å². The molecule has 0 saturated heterocycles. The summed E-state index contributed by atoms with van der Waals surface area (Å²) in [7, 11) is 0. The molecule has 0 spiro atoms. The largest absolute Gasteiger partial charge is 0.508 e. The van der Waals surface area contributed by atoms with Gasteiger partial charge in [-0.2, -0.15) is 13.2 Å². The Morgan fingerprint density at radius 3 is 2.11 bits per heavy atom. The first-order chi connectivity index (χ1) is 8.95. The van der Waals surface area contributed by atoms with Gasteiger partial charge in [-0.25, -0.2) is 0 Å². The Morgan fingerprint density at radius 2 is 1.47 bits per heavy atom. The van der Waals surface area contributed by atoms with E-state index in [1.165, 1.54) is 24.3 Å². The Morgan fingerprint density at radius 1 is 0.842 bits per heavy atom. The second-order valence-corrected chi connectivity index (χ2v) is 3.88. The molecule has 2 aromatic rings. The summed E-state index contributed by atoms with van der Waals surface area (Å²) in [5.41, 5.74) is 5.60. The van der Waals surface area contributed by atoms with Crippen LogP contribution in [0.15, 0.2) is 48.5 Å². The van der Waals surface area contributed by atoms with Gasteiger partial charge in [-0.05, 0) is 42.5 Å². The van der Waals surface area contributed by atoms with E-state index in [4.69, 9.17) is 5.11 Å². The summed E-state index contributed by atoms with van der Waals surface area (Å²) in [5, 5.41) is 9.09. The Balaban J connectivity index is 2.05. The first-order valence-electron chi connectivity index (χ1n) is 5.43. The monoisotopic (exact) mass is 268 g/mol. The molecule has 0 bridgehead atoms. The predicted octanol–water partition coefficient (Wildman–Crippen LogP) is 3.85. The number of benzene rings is 2. The van der Waals surface area contributed by atoms with E-state index >= 15 is 0 Å². The van der Waals surface area contributed by atoms with E-state index in [9.17, 15) is 13.2 Å². The molecule has 0 atom stereocenters. The fourth-order valence-corrected chi connectivity index (χ4v) is 1.46. The van der Waals surface area contributed by atoms with Crippen LogP contribution in [0.5, 0.6) is 5.75 Å². The van der Waals surface area contributed by atoms with Crippen molar-refractivity contribution in [2.75, 3.05) is 10.9 Å². The molecule has 2 aromatic carbocycles. The van der Waals surface area contributed by atoms with E-state index < -0.39 is 11.7 Å². The molecule has 0 aliphatic carbocycles. The number of anilines is 2. The molecule has 0 radical (unpaired) electrons. The summed E-state index contributed by atoms with van der Waals surface area (Å²) in [5.74, 6) is 0.115. The number of rotatable bonds is 3. The van der Waals surface area contributed by atoms with Crippen LogP contribution in [0.4, 0.5) is 24.5 Å². The summed E-state index contributed by atoms with van der Waals surface area (Å²) in [4.78, 5) is 0. The van der Waals surface area contributed by atoms with Gasteiger partial charge < -0.3 is 16.0 Å². The molecular formula is C13H11F3N2O. The summed E-state index contributed by atoms with van der Waals surface area (Å²) in [6.45, 7) is 0. The number of aromatic hydroxyl groups is 1. The van der Waals surface area contributed by atoms with Crippen molar-refractivity contribution in [3.05, 3.63) is 54.1 Å². The number of phenolic OH excluding ortho intramolecular Hbond substituents is 1. The Kier molecular flexibility index (Phi) is 3.50. The Labute approximate surface area is 107 Å². The molecule has 0 saturated carbocycles. The number of hydrazine groups is 1. The molecule has 2 rings (SSSR count). The van der Waals surface area contributed by atoms with Crippen LogP contribution in [0.25, 0.3) is 0 Å². The highest BCUT2D eigenvalue weighted by atomic mass is 19.4. The maximum atomic E-state index is 12.5. The molecule has 0 aromatic heterocycles. The Bertz CT molecular complexity index is 553. The molecule has 0 amide bonds. The minimum atomic E-state index is -4.36. The van der Waals surface area contributed by atoms with Crippen molar-refractivity contribution < 1.29 is 18.3 Å². The van der Waals surface area contributed by atoms with Crippen LogP contribution in [0.2, 0.25) is 0 Å². The van der Waals surface area contributed by atoms with Gasteiger partial charge in [0.15, 0.2) is 0 Å². The lowest BCUT2D eigenvalue weighted by Gasteiger charge is -2.12. The van der Waals surface area contributed by atoms with Crippen molar-refractivity contribution in [2.45, 2.75) is 6.18 Å². The lowest BCUT2D eigenvalue weighted by atomic mass is 10.2. The summed E-state index contributed by atoms with van der Waals surface area (Å²) < 4.78 is 37.5. The normalized spacial score (nSPS) is 11.1. The smallest absolute Gasteiger partial charge is 0.416 e. The number of phenols is 1. The number of hydrogen-bond donors (Lipinski definition) is 3. The highest BCUT2D eigenvalue weighted by Gasteiger charge is 2.30. The third-order valence-corrected chi connectivity index (χ3v) is 2.41. The average Bonchev–Trinajstić information content (AvgIpc) is 2.37. The second-order valence-electron chi connectivity index (χ2n) is 3.88.